The molecule has 1 amide bonds. The zero-order chi connectivity index (χ0) is 20.6. The van der Waals surface area contributed by atoms with Gasteiger partial charge in [0.25, 0.3) is 5.91 Å². The monoisotopic (exact) mass is 401 g/mol. The molecule has 150 valence electrons. The zero-order valence-corrected chi connectivity index (χ0v) is 15.5. The number of hydrogen-bond acceptors (Lipinski definition) is 3. The fourth-order valence-corrected chi connectivity index (χ4v) is 3.46. The van der Waals surface area contributed by atoms with E-state index in [1.165, 1.54) is 16.8 Å². The molecule has 2 aromatic carbocycles. The molecule has 0 saturated heterocycles. The number of nitrogens with one attached hydrogen (secondary N) is 1. The lowest BCUT2D eigenvalue weighted by Gasteiger charge is -2.16. The van der Waals surface area contributed by atoms with Crippen molar-refractivity contribution in [1.29, 1.82) is 0 Å². The summed E-state index contributed by atoms with van der Waals surface area (Å²) in [5.41, 5.74) is 0.882. The van der Waals surface area contributed by atoms with E-state index in [2.05, 4.69) is 10.4 Å². The summed E-state index contributed by atoms with van der Waals surface area (Å²) in [6, 6.07) is 12.2. The number of benzene rings is 2. The number of carbonyl (C=O) groups excluding carboxylic acids is 1. The molecule has 2 heterocycles. The van der Waals surface area contributed by atoms with Crippen molar-refractivity contribution < 1.29 is 22.7 Å². The minimum absolute atomic E-state index is 0.0787. The Morgan fingerprint density at radius 3 is 2.66 bits per heavy atom. The lowest BCUT2D eigenvalue weighted by molar-refractivity contribution is -0.137. The van der Waals surface area contributed by atoms with Crippen molar-refractivity contribution in [3.05, 3.63) is 71.5 Å². The summed E-state index contributed by atoms with van der Waals surface area (Å²) in [5, 5.41) is 6.80. The molecule has 5 nitrogen and oxygen atoms in total. The maximum absolute atomic E-state index is 13.4. The van der Waals surface area contributed by atoms with E-state index in [9.17, 15) is 18.0 Å². The highest BCUT2D eigenvalue weighted by Gasteiger charge is 2.35. The third kappa shape index (κ3) is 3.83. The molecule has 1 atom stereocenters. The number of amides is 1. The van der Waals surface area contributed by atoms with Gasteiger partial charge in [0.15, 0.2) is 0 Å². The Morgan fingerprint density at radius 1 is 1.17 bits per heavy atom. The smallest absolute Gasteiger partial charge is 0.417 e. The second kappa shape index (κ2) is 7.27. The third-order valence-corrected chi connectivity index (χ3v) is 4.79. The number of rotatable bonds is 4. The topological polar surface area (TPSA) is 56.2 Å². The highest BCUT2D eigenvalue weighted by molar-refractivity contribution is 5.92. The second-order valence-corrected chi connectivity index (χ2v) is 6.87. The summed E-state index contributed by atoms with van der Waals surface area (Å²) in [6.07, 6.45) is -2.66. The fraction of sp³-hybridized carbons (Fsp3) is 0.238. The van der Waals surface area contributed by atoms with E-state index >= 15 is 0 Å². The van der Waals surface area contributed by atoms with Gasteiger partial charge in [-0.2, -0.15) is 18.3 Å². The zero-order valence-electron chi connectivity index (χ0n) is 15.5. The molecule has 1 aliphatic rings. The highest BCUT2D eigenvalue weighted by atomic mass is 19.4. The molecule has 0 aliphatic carbocycles. The average Bonchev–Trinajstić information content (AvgIpc) is 3.31. The summed E-state index contributed by atoms with van der Waals surface area (Å²) >= 11 is 0. The first-order valence-electron chi connectivity index (χ1n) is 9.06. The van der Waals surface area contributed by atoms with Crippen LogP contribution in [0, 0.1) is 0 Å². The lowest BCUT2D eigenvalue weighted by Crippen LogP contribution is -2.34. The molecule has 1 aromatic heterocycles. The first-order valence-corrected chi connectivity index (χ1v) is 9.06. The van der Waals surface area contributed by atoms with E-state index in [-0.39, 0.29) is 24.1 Å². The van der Waals surface area contributed by atoms with Gasteiger partial charge in [0, 0.05) is 25.2 Å². The molecule has 29 heavy (non-hydrogen) atoms. The highest BCUT2D eigenvalue weighted by Crippen LogP contribution is 2.43. The molecular weight excluding hydrogens is 383 g/mol. The van der Waals surface area contributed by atoms with E-state index in [1.54, 1.807) is 37.5 Å². The predicted octanol–water partition coefficient (Wildman–Crippen LogP) is 3.84. The summed E-state index contributed by atoms with van der Waals surface area (Å²) in [7, 11) is 1.72. The van der Waals surface area contributed by atoms with Crippen LogP contribution in [-0.4, -0.2) is 28.3 Å². The summed E-state index contributed by atoms with van der Waals surface area (Å²) in [5.74, 6) is 0.106. The quantitative estimate of drug-likeness (QED) is 0.723. The SMILES string of the molecule is Cn1ccc(C(=O)NC[C@@H]2Cc3cccc(-c4ccccc4C(F)(F)F)c3O2)n1. The summed E-state index contributed by atoms with van der Waals surface area (Å²) in [4.78, 5) is 12.2. The van der Waals surface area contributed by atoms with Gasteiger partial charge in [-0.25, -0.2) is 0 Å². The van der Waals surface area contributed by atoms with Crippen molar-refractivity contribution in [2.45, 2.75) is 18.7 Å². The Kier molecular flexibility index (Phi) is 4.77. The van der Waals surface area contributed by atoms with Crippen LogP contribution in [0.4, 0.5) is 13.2 Å². The number of fused-ring (bicyclic) bond motifs is 1. The minimum atomic E-state index is -4.46. The Balaban J connectivity index is 1.54. The number of ether oxygens (including phenoxy) is 1. The molecule has 0 fully saturated rings. The minimum Gasteiger partial charge on any atom is -0.487 e. The van der Waals surface area contributed by atoms with Crippen LogP contribution in [0.5, 0.6) is 5.75 Å². The van der Waals surface area contributed by atoms with Crippen LogP contribution in [0.2, 0.25) is 0 Å². The van der Waals surface area contributed by atoms with Crippen LogP contribution in [-0.2, 0) is 19.6 Å². The summed E-state index contributed by atoms with van der Waals surface area (Å²) < 4.78 is 47.8. The molecule has 0 bridgehead atoms. The van der Waals surface area contributed by atoms with E-state index in [0.29, 0.717) is 23.4 Å². The summed E-state index contributed by atoms with van der Waals surface area (Å²) in [6.45, 7) is 0.227. The van der Waals surface area contributed by atoms with E-state index in [1.807, 2.05) is 6.07 Å². The number of aryl methyl sites for hydroxylation is 1. The largest absolute Gasteiger partial charge is 0.487 e. The van der Waals surface area contributed by atoms with Gasteiger partial charge in [-0.15, -0.1) is 0 Å². The number of alkyl halides is 3. The van der Waals surface area contributed by atoms with E-state index < -0.39 is 11.7 Å². The second-order valence-electron chi connectivity index (χ2n) is 6.87. The molecule has 0 radical (unpaired) electrons. The molecule has 0 spiro atoms. The van der Waals surface area contributed by atoms with E-state index in [4.69, 9.17) is 4.74 Å². The van der Waals surface area contributed by atoms with Gasteiger partial charge >= 0.3 is 6.18 Å². The molecule has 3 aromatic rings. The molecule has 0 saturated carbocycles. The molecule has 1 N–H and O–H groups in total. The number of aromatic nitrogens is 2. The molecular formula is C21H18F3N3O2. The molecule has 1 aliphatic heterocycles. The first-order chi connectivity index (χ1) is 13.8. The van der Waals surface area contributed by atoms with Gasteiger partial charge in [0.1, 0.15) is 17.5 Å². The van der Waals surface area contributed by atoms with Crippen LogP contribution >= 0.6 is 0 Å². The van der Waals surface area contributed by atoms with Gasteiger partial charge in [0.2, 0.25) is 0 Å². The van der Waals surface area contributed by atoms with Crippen molar-refractivity contribution >= 4 is 5.91 Å². The van der Waals surface area contributed by atoms with Crippen molar-refractivity contribution in [2.24, 2.45) is 7.05 Å². The van der Waals surface area contributed by atoms with Crippen molar-refractivity contribution in [3.63, 3.8) is 0 Å². The average molecular weight is 401 g/mol. The fourth-order valence-electron chi connectivity index (χ4n) is 3.46. The van der Waals surface area contributed by atoms with Crippen molar-refractivity contribution in [1.82, 2.24) is 15.1 Å². The van der Waals surface area contributed by atoms with Crippen LogP contribution in [0.1, 0.15) is 21.6 Å². The Labute approximate surface area is 165 Å². The molecule has 8 heteroatoms. The number of carbonyl (C=O) groups is 1. The molecule has 4 rings (SSSR count). The lowest BCUT2D eigenvalue weighted by atomic mass is 9.96. The van der Waals surface area contributed by atoms with E-state index in [0.717, 1.165) is 11.6 Å². The van der Waals surface area contributed by atoms with Gasteiger partial charge in [-0.05, 0) is 23.3 Å². The van der Waals surface area contributed by atoms with Crippen LogP contribution in [0.25, 0.3) is 11.1 Å². The van der Waals surface area contributed by atoms with Gasteiger partial charge in [-0.3, -0.25) is 9.48 Å². The van der Waals surface area contributed by atoms with Crippen LogP contribution in [0.15, 0.2) is 54.7 Å². The van der Waals surface area contributed by atoms with Crippen molar-refractivity contribution in [3.8, 4) is 16.9 Å². The third-order valence-electron chi connectivity index (χ3n) is 4.79. The van der Waals surface area contributed by atoms with Crippen LogP contribution in [0.3, 0.4) is 0 Å². The first kappa shape index (κ1) is 19.0. The Morgan fingerprint density at radius 2 is 1.93 bits per heavy atom. The maximum atomic E-state index is 13.4. The van der Waals surface area contributed by atoms with Gasteiger partial charge < -0.3 is 10.1 Å². The van der Waals surface area contributed by atoms with Crippen LogP contribution < -0.4 is 10.1 Å². The van der Waals surface area contributed by atoms with Crippen molar-refractivity contribution in [2.75, 3.05) is 6.54 Å². The number of nitrogens with zero attached hydrogens (tertiary/aromatic N) is 2. The Bertz CT molecular complexity index is 1060. The standard InChI is InChI=1S/C21H18F3N3O2/c1-27-10-9-18(26-27)20(28)25-12-14-11-13-5-4-7-16(19(13)29-14)15-6-2-3-8-17(15)21(22,23)24/h2-10,14H,11-12H2,1H3,(H,25,28)/t14-/m0/s1. The predicted molar refractivity (Wildman–Crippen MR) is 101 cm³/mol. The van der Waals surface area contributed by atoms with Gasteiger partial charge in [-0.1, -0.05) is 36.4 Å². The normalized spacial score (nSPS) is 15.7. The number of hydrogen-bond donors (Lipinski definition) is 1. The Hall–Kier alpha value is -3.29. The number of para-hydroxylation sites is 1. The maximum Gasteiger partial charge on any atom is 0.417 e. The number of halogens is 3. The van der Waals surface area contributed by atoms with Gasteiger partial charge in [0.05, 0.1) is 12.1 Å². The molecule has 0 unspecified atom stereocenters.